The van der Waals surface area contributed by atoms with E-state index >= 15 is 0 Å². The van der Waals surface area contributed by atoms with E-state index in [0.29, 0.717) is 34.5 Å². The topological polar surface area (TPSA) is 179 Å². The summed E-state index contributed by atoms with van der Waals surface area (Å²) >= 11 is 0. The van der Waals surface area contributed by atoms with Crippen molar-refractivity contribution in [1.82, 2.24) is 31.9 Å². The summed E-state index contributed by atoms with van der Waals surface area (Å²) in [4.78, 5) is 42.5. The van der Waals surface area contributed by atoms with Crippen molar-refractivity contribution in [3.63, 3.8) is 0 Å². The maximum absolute atomic E-state index is 14.2. The van der Waals surface area contributed by atoms with Gasteiger partial charge < -0.3 is 60.3 Å². The first kappa shape index (κ1) is 54.5. The van der Waals surface area contributed by atoms with Gasteiger partial charge in [0.1, 0.15) is 16.6 Å². The third kappa shape index (κ3) is 8.29. The van der Waals surface area contributed by atoms with E-state index in [1.807, 2.05) is 0 Å². The van der Waals surface area contributed by atoms with Gasteiger partial charge in [-0.2, -0.15) is 0 Å². The Morgan fingerprint density at radius 3 is 0.728 bits per heavy atom. The molecule has 6 aliphatic carbocycles. The van der Waals surface area contributed by atoms with Gasteiger partial charge in [0.2, 0.25) is 0 Å². The molecule has 438 valence electrons. The number of hydrogen-bond donors (Lipinski definition) is 6. The van der Waals surface area contributed by atoms with Crippen LogP contribution in [0.5, 0.6) is 34.5 Å². The maximum Gasteiger partial charge on any atom is 0.315 e. The first-order valence-corrected chi connectivity index (χ1v) is 31.2. The zero-order chi connectivity index (χ0) is 57.1. The highest BCUT2D eigenvalue weighted by Gasteiger charge is 2.70. The van der Waals surface area contributed by atoms with Gasteiger partial charge in [0.05, 0.1) is 0 Å². The van der Waals surface area contributed by atoms with Crippen LogP contribution in [0.15, 0.2) is 36.4 Å². The molecule has 6 fully saturated rings. The fourth-order valence-corrected chi connectivity index (χ4v) is 16.3. The van der Waals surface area contributed by atoms with Gasteiger partial charge in [0, 0.05) is 35.9 Å². The molecule has 3 atom stereocenters. The summed E-state index contributed by atoms with van der Waals surface area (Å²) in [6.07, 6.45) is 15.8. The maximum atomic E-state index is 14.2. The monoisotopic (exact) mass is 1110 g/mol. The summed E-state index contributed by atoms with van der Waals surface area (Å²) < 4.78 is 44.4. The lowest BCUT2D eigenvalue weighted by molar-refractivity contribution is -0.222. The van der Waals surface area contributed by atoms with Gasteiger partial charge in [0.15, 0.2) is 34.5 Å². The molecule has 6 saturated carbocycles. The van der Waals surface area contributed by atoms with Crippen molar-refractivity contribution in [2.75, 3.05) is 0 Å². The van der Waals surface area contributed by atoms with Crippen molar-refractivity contribution in [1.29, 1.82) is 0 Å². The van der Waals surface area contributed by atoms with E-state index in [4.69, 9.17) is 28.4 Å². The summed E-state index contributed by atoms with van der Waals surface area (Å²) in [5.74, 6) is 0.694. The molecule has 9 aliphatic rings. The molecule has 0 unspecified atom stereocenters. The van der Waals surface area contributed by atoms with Crippen molar-refractivity contribution in [2.45, 2.75) is 251 Å². The van der Waals surface area contributed by atoms with E-state index in [-0.39, 0.29) is 70.2 Å². The third-order valence-corrected chi connectivity index (χ3v) is 22.2. The third-order valence-electron chi connectivity index (χ3n) is 22.2. The van der Waals surface area contributed by atoms with E-state index in [1.165, 1.54) is 0 Å². The Morgan fingerprint density at radius 2 is 0.556 bits per heavy atom. The van der Waals surface area contributed by atoms with Crippen LogP contribution in [0.3, 0.4) is 0 Å². The molecule has 6 N–H and O–H groups in total. The minimum absolute atomic E-state index is 0.0589. The Labute approximate surface area is 478 Å². The molecule has 81 heavy (non-hydrogen) atoms. The molecule has 3 aliphatic heterocycles. The van der Waals surface area contributed by atoms with Crippen LogP contribution in [-0.4, -0.2) is 70.2 Å². The lowest BCUT2D eigenvalue weighted by Crippen LogP contribution is -2.75. The summed E-state index contributed by atoms with van der Waals surface area (Å²) in [6.45, 7) is 25.4. The van der Waals surface area contributed by atoms with E-state index in [2.05, 4.69) is 151 Å². The lowest BCUT2D eigenvalue weighted by atomic mass is 9.62. The van der Waals surface area contributed by atoms with Gasteiger partial charge in [-0.3, -0.25) is 0 Å². The van der Waals surface area contributed by atoms with E-state index in [9.17, 15) is 14.4 Å². The van der Waals surface area contributed by atoms with Crippen molar-refractivity contribution in [3.8, 4) is 34.5 Å². The highest BCUT2D eigenvalue weighted by molar-refractivity contribution is 6.27. The van der Waals surface area contributed by atoms with Crippen LogP contribution in [-0.2, 0) is 0 Å². The van der Waals surface area contributed by atoms with Crippen molar-refractivity contribution >= 4 is 50.4 Å². The number of urea groups is 3. The zero-order valence-corrected chi connectivity index (χ0v) is 50.3. The van der Waals surface area contributed by atoms with Crippen molar-refractivity contribution in [3.05, 3.63) is 36.4 Å². The van der Waals surface area contributed by atoms with Crippen LogP contribution < -0.4 is 60.3 Å². The molecule has 0 aromatic heterocycles. The average Bonchev–Trinajstić information content (AvgIpc) is 3.88. The molecular weight excluding hydrogens is 1020 g/mol. The molecule has 4 aromatic carbocycles. The largest absolute Gasteiger partial charge is 0.446 e. The summed E-state index contributed by atoms with van der Waals surface area (Å²) in [5.41, 5.74) is -2.68. The molecular formula is C66H90N6O9. The first-order valence-electron chi connectivity index (χ1n) is 31.2. The standard InChI is InChI=1S/C66H90N6O9/c1-37(58(4,5)6)67-55(73)70-61-25-13-19-40(20-14-26-61)64(61)76-49-31-43-44(32-50(49)77-64)46-34-52-54(81-66(79-52)42-23-17-29-63(66,30-18-24-42)72-57(75)69-39(3)60(10,11)12)36-48(46)47-35-53-51(33-45(43)47)78-65(80-53)41-21-15-27-62(65,28-16-22-41)71-56(74)68-38(2)59(7,8)9/h31-42H,13-30H2,1-12H3,(H2,67,70,73)(H2,68,71,74)(H2,69,72,75)/t37-,38-,39-,40?,41?,42?,61?,62?,63?,64?,65?,66?/m0/s1. The predicted octanol–water partition coefficient (Wildman–Crippen LogP) is 13.9. The molecule has 13 rings (SSSR count). The number of rotatable bonds is 6. The van der Waals surface area contributed by atoms with Crippen LogP contribution in [0.2, 0.25) is 0 Å². The minimum atomic E-state index is -1.11. The number of benzene rings is 4. The number of hydrogen-bond acceptors (Lipinski definition) is 9. The number of amides is 6. The average molecular weight is 1110 g/mol. The molecule has 4 aromatic rings. The Balaban J connectivity index is 0.947. The van der Waals surface area contributed by atoms with Gasteiger partial charge in [-0.25, -0.2) is 14.4 Å². The molecule has 0 radical (unpaired) electrons. The SMILES string of the molecule is C[C@H](NC(=O)NC12CCCC(CCC1)C21Oc2cc3c4cc5c(cc4c4cc6c(cc4c3cc2O1)OC1(O6)C2CCCC1(NC(=O)N[C@@H](C)C(C)(C)C)CCC2)OC1(O5)C2CCCC1(NC(=O)N[C@@H](C)C(C)(C)C)CCC2)C(C)(C)C. The normalized spacial score (nSPS) is 33.6. The van der Waals surface area contributed by atoms with Gasteiger partial charge in [-0.1, -0.05) is 101 Å². The van der Waals surface area contributed by atoms with Crippen LogP contribution in [0.25, 0.3) is 32.3 Å². The molecule has 3 spiro atoms. The summed E-state index contributed by atoms with van der Waals surface area (Å²) in [7, 11) is 0. The van der Waals surface area contributed by atoms with Gasteiger partial charge in [-0.05, 0) is 183 Å². The molecule has 3 heterocycles. The number of ether oxygens (including phenoxy) is 6. The number of nitrogens with one attached hydrogen (secondary N) is 6. The summed E-state index contributed by atoms with van der Waals surface area (Å²) in [5, 5.41) is 26.0. The second-order valence-corrected chi connectivity index (χ2v) is 29.9. The van der Waals surface area contributed by atoms with Crippen LogP contribution in [0.1, 0.15) is 199 Å². The highest BCUT2D eigenvalue weighted by Crippen LogP contribution is 2.63. The molecule has 15 nitrogen and oxygen atoms in total. The smallest absolute Gasteiger partial charge is 0.315 e. The van der Waals surface area contributed by atoms with Crippen LogP contribution in [0.4, 0.5) is 14.4 Å². The number of carbonyl (C=O) groups excluding carboxylic acids is 3. The summed E-state index contributed by atoms with van der Waals surface area (Å²) in [6, 6.07) is 12.1. The number of fused-ring (bicyclic) bond motifs is 9. The van der Waals surface area contributed by atoms with Gasteiger partial charge in [0.25, 0.3) is 17.4 Å². The first-order chi connectivity index (χ1) is 38.2. The lowest BCUT2D eigenvalue weighted by Gasteiger charge is -2.56. The molecule has 15 heteroatoms. The van der Waals surface area contributed by atoms with E-state index in [0.717, 1.165) is 148 Å². The molecule has 6 amide bonds. The molecule has 6 bridgehead atoms. The highest BCUT2D eigenvalue weighted by atomic mass is 16.8. The quantitative estimate of drug-likeness (QED) is 0.103. The number of carbonyl (C=O) groups is 3. The second kappa shape index (κ2) is 18.4. The van der Waals surface area contributed by atoms with Crippen molar-refractivity contribution < 1.29 is 42.8 Å². The Morgan fingerprint density at radius 1 is 0.370 bits per heavy atom. The fraction of sp³-hybridized carbons (Fsp3) is 0.682. The Kier molecular flexibility index (Phi) is 12.4. The van der Waals surface area contributed by atoms with E-state index in [1.54, 1.807) is 0 Å². The zero-order valence-electron chi connectivity index (χ0n) is 50.3. The van der Waals surface area contributed by atoms with Crippen LogP contribution >= 0.6 is 0 Å². The van der Waals surface area contributed by atoms with Crippen LogP contribution in [0, 0.1) is 34.0 Å². The Hall–Kier alpha value is -5.73. The van der Waals surface area contributed by atoms with E-state index < -0.39 is 34.0 Å². The second-order valence-electron chi connectivity index (χ2n) is 29.9. The minimum Gasteiger partial charge on any atom is -0.446 e. The molecule has 0 saturated heterocycles. The van der Waals surface area contributed by atoms with Gasteiger partial charge in [-0.15, -0.1) is 0 Å². The Bertz CT molecular complexity index is 2740. The fourth-order valence-electron chi connectivity index (χ4n) is 16.3. The predicted molar refractivity (Wildman–Crippen MR) is 314 cm³/mol. The van der Waals surface area contributed by atoms with Gasteiger partial charge >= 0.3 is 18.1 Å². The van der Waals surface area contributed by atoms with Crippen molar-refractivity contribution in [2.24, 2.45) is 34.0 Å².